The van der Waals surface area contributed by atoms with Crippen LogP contribution in [0, 0.1) is 27.7 Å². The van der Waals surface area contributed by atoms with E-state index in [9.17, 15) is 8.42 Å². The third kappa shape index (κ3) is 3.36. The second kappa shape index (κ2) is 6.18. The molecule has 0 spiro atoms. The lowest BCUT2D eigenvalue weighted by molar-refractivity contribution is 0.492. The Balaban J connectivity index is 2.31. The SMILES string of the molecule is Cc1cc(C)c(C)c(S(=O)(=O)NC(C)Cn2cncn2)c1C. The van der Waals surface area contributed by atoms with E-state index in [0.29, 0.717) is 11.4 Å². The number of hydrogen-bond acceptors (Lipinski definition) is 4. The highest BCUT2D eigenvalue weighted by Crippen LogP contribution is 2.26. The molecule has 2 rings (SSSR count). The zero-order valence-corrected chi connectivity index (χ0v) is 14.4. The summed E-state index contributed by atoms with van der Waals surface area (Å²) in [6.45, 7) is 9.80. The van der Waals surface area contributed by atoms with Gasteiger partial charge in [-0.25, -0.2) is 18.1 Å². The molecule has 0 aliphatic heterocycles. The number of hydrogen-bond donors (Lipinski definition) is 1. The normalized spacial score (nSPS) is 13.3. The van der Waals surface area contributed by atoms with Crippen molar-refractivity contribution < 1.29 is 8.42 Å². The molecule has 1 aromatic heterocycles. The van der Waals surface area contributed by atoms with E-state index in [1.165, 1.54) is 6.33 Å². The fourth-order valence-corrected chi connectivity index (χ4v) is 4.40. The molecule has 1 unspecified atom stereocenters. The van der Waals surface area contributed by atoms with E-state index in [2.05, 4.69) is 14.8 Å². The fraction of sp³-hybridized carbons (Fsp3) is 0.467. The summed E-state index contributed by atoms with van der Waals surface area (Å²) in [5, 5.41) is 3.99. The van der Waals surface area contributed by atoms with Crippen molar-refractivity contribution in [3.05, 3.63) is 41.0 Å². The Morgan fingerprint density at radius 3 is 2.27 bits per heavy atom. The van der Waals surface area contributed by atoms with Gasteiger partial charge < -0.3 is 0 Å². The first kappa shape index (κ1) is 16.6. The van der Waals surface area contributed by atoms with Crippen LogP contribution in [0.15, 0.2) is 23.6 Å². The molecule has 0 amide bonds. The van der Waals surface area contributed by atoms with Crippen molar-refractivity contribution in [2.45, 2.75) is 52.1 Å². The summed E-state index contributed by atoms with van der Waals surface area (Å²) in [6.07, 6.45) is 3.00. The number of aromatic nitrogens is 3. The van der Waals surface area contributed by atoms with Gasteiger partial charge in [-0.15, -0.1) is 0 Å². The van der Waals surface area contributed by atoms with Crippen molar-refractivity contribution >= 4 is 10.0 Å². The Morgan fingerprint density at radius 1 is 1.18 bits per heavy atom. The molecule has 0 saturated heterocycles. The molecule has 6 nitrogen and oxygen atoms in total. The van der Waals surface area contributed by atoms with E-state index in [4.69, 9.17) is 0 Å². The van der Waals surface area contributed by atoms with Crippen molar-refractivity contribution in [2.24, 2.45) is 0 Å². The van der Waals surface area contributed by atoms with Gasteiger partial charge in [0, 0.05) is 6.04 Å². The van der Waals surface area contributed by atoms with Gasteiger partial charge in [-0.05, 0) is 56.9 Å². The lowest BCUT2D eigenvalue weighted by Crippen LogP contribution is -2.36. The van der Waals surface area contributed by atoms with Crippen LogP contribution in [0.3, 0.4) is 0 Å². The number of rotatable bonds is 5. The molecular formula is C15H22N4O2S. The molecule has 0 aliphatic carbocycles. The van der Waals surface area contributed by atoms with Gasteiger partial charge in [-0.2, -0.15) is 5.10 Å². The van der Waals surface area contributed by atoms with Crippen LogP contribution in [0.4, 0.5) is 0 Å². The van der Waals surface area contributed by atoms with Crippen molar-refractivity contribution in [3.8, 4) is 0 Å². The third-order valence-corrected chi connectivity index (χ3v) is 5.71. The van der Waals surface area contributed by atoms with Crippen LogP contribution in [0.25, 0.3) is 0 Å². The maximum absolute atomic E-state index is 12.8. The molecule has 0 saturated carbocycles. The van der Waals surface area contributed by atoms with E-state index in [1.54, 1.807) is 11.0 Å². The second-order valence-corrected chi connectivity index (χ2v) is 7.38. The Morgan fingerprint density at radius 2 is 1.77 bits per heavy atom. The van der Waals surface area contributed by atoms with E-state index < -0.39 is 10.0 Å². The standard InChI is InChI=1S/C15H22N4O2S/c1-10-6-11(2)14(5)15(13(10)4)22(20,21)18-12(3)7-19-9-16-8-17-19/h6,8-9,12,18H,7H2,1-5H3. The predicted molar refractivity (Wildman–Crippen MR) is 85.2 cm³/mol. The van der Waals surface area contributed by atoms with Crippen LogP contribution in [-0.2, 0) is 16.6 Å². The molecule has 0 bridgehead atoms. The van der Waals surface area contributed by atoms with E-state index in [-0.39, 0.29) is 6.04 Å². The Hall–Kier alpha value is -1.73. The van der Waals surface area contributed by atoms with E-state index >= 15 is 0 Å². The van der Waals surface area contributed by atoms with Gasteiger partial charge >= 0.3 is 0 Å². The number of benzene rings is 1. The van der Waals surface area contributed by atoms with Gasteiger partial charge in [-0.3, -0.25) is 4.68 Å². The lowest BCUT2D eigenvalue weighted by Gasteiger charge is -2.19. The maximum atomic E-state index is 12.8. The predicted octanol–water partition coefficient (Wildman–Crippen LogP) is 1.88. The zero-order valence-electron chi connectivity index (χ0n) is 13.6. The molecule has 2 aromatic rings. The second-order valence-electron chi connectivity index (χ2n) is 5.73. The number of sulfonamides is 1. The van der Waals surface area contributed by atoms with Crippen LogP contribution in [0.1, 0.15) is 29.2 Å². The topological polar surface area (TPSA) is 76.9 Å². The van der Waals surface area contributed by atoms with Gasteiger partial charge in [0.1, 0.15) is 12.7 Å². The highest BCUT2D eigenvalue weighted by Gasteiger charge is 2.24. The van der Waals surface area contributed by atoms with Crippen LogP contribution >= 0.6 is 0 Å². The van der Waals surface area contributed by atoms with Gasteiger partial charge in [-0.1, -0.05) is 6.07 Å². The van der Waals surface area contributed by atoms with Crippen LogP contribution in [0.5, 0.6) is 0 Å². The monoisotopic (exact) mass is 322 g/mol. The van der Waals surface area contributed by atoms with Crippen molar-refractivity contribution in [3.63, 3.8) is 0 Å². The van der Waals surface area contributed by atoms with Crippen molar-refractivity contribution in [1.29, 1.82) is 0 Å². The highest BCUT2D eigenvalue weighted by molar-refractivity contribution is 7.89. The molecule has 1 heterocycles. The largest absolute Gasteiger partial charge is 0.251 e. The summed E-state index contributed by atoms with van der Waals surface area (Å²) >= 11 is 0. The van der Waals surface area contributed by atoms with Crippen LogP contribution in [-0.4, -0.2) is 29.2 Å². The van der Waals surface area contributed by atoms with E-state index in [0.717, 1.165) is 22.3 Å². The first-order chi connectivity index (χ1) is 10.2. The Labute approximate surface area is 131 Å². The molecular weight excluding hydrogens is 300 g/mol. The number of nitrogens with one attached hydrogen (secondary N) is 1. The van der Waals surface area contributed by atoms with Crippen molar-refractivity contribution in [1.82, 2.24) is 19.5 Å². The smallest absolute Gasteiger partial charge is 0.241 e. The average Bonchev–Trinajstić information content (AvgIpc) is 2.88. The van der Waals surface area contributed by atoms with Crippen LogP contribution < -0.4 is 4.72 Å². The zero-order chi connectivity index (χ0) is 16.5. The Kier molecular flexibility index (Phi) is 4.67. The van der Waals surface area contributed by atoms with Crippen molar-refractivity contribution in [2.75, 3.05) is 0 Å². The van der Waals surface area contributed by atoms with Crippen LogP contribution in [0.2, 0.25) is 0 Å². The molecule has 1 aromatic carbocycles. The molecule has 0 radical (unpaired) electrons. The van der Waals surface area contributed by atoms with Gasteiger partial charge in [0.05, 0.1) is 11.4 Å². The summed E-state index contributed by atoms with van der Waals surface area (Å²) in [7, 11) is -3.58. The summed E-state index contributed by atoms with van der Waals surface area (Å²) in [5.41, 5.74) is 3.55. The molecule has 120 valence electrons. The molecule has 22 heavy (non-hydrogen) atoms. The minimum absolute atomic E-state index is 0.286. The molecule has 0 aliphatic rings. The minimum atomic E-state index is -3.58. The number of nitrogens with zero attached hydrogens (tertiary/aromatic N) is 3. The lowest BCUT2D eigenvalue weighted by atomic mass is 10.0. The number of aryl methyl sites for hydroxylation is 2. The minimum Gasteiger partial charge on any atom is -0.251 e. The quantitative estimate of drug-likeness (QED) is 0.912. The first-order valence-corrected chi connectivity index (χ1v) is 8.63. The average molecular weight is 322 g/mol. The maximum Gasteiger partial charge on any atom is 0.241 e. The summed E-state index contributed by atoms with van der Waals surface area (Å²) in [4.78, 5) is 4.24. The summed E-state index contributed by atoms with van der Waals surface area (Å²) in [5.74, 6) is 0. The molecule has 1 N–H and O–H groups in total. The first-order valence-electron chi connectivity index (χ1n) is 7.14. The summed E-state index contributed by atoms with van der Waals surface area (Å²) in [6, 6.07) is 1.73. The fourth-order valence-electron chi connectivity index (χ4n) is 2.55. The highest BCUT2D eigenvalue weighted by atomic mass is 32.2. The molecule has 0 fully saturated rings. The Bertz CT molecular complexity index is 741. The molecule has 7 heteroatoms. The van der Waals surface area contributed by atoms with Gasteiger partial charge in [0.25, 0.3) is 0 Å². The van der Waals surface area contributed by atoms with E-state index in [1.807, 2.05) is 40.7 Å². The van der Waals surface area contributed by atoms with Gasteiger partial charge in [0.2, 0.25) is 10.0 Å². The molecule has 1 atom stereocenters. The third-order valence-electron chi connectivity index (χ3n) is 3.85. The van der Waals surface area contributed by atoms with Gasteiger partial charge in [0.15, 0.2) is 0 Å². The summed E-state index contributed by atoms with van der Waals surface area (Å²) < 4.78 is 29.9.